The highest BCUT2D eigenvalue weighted by Gasteiger charge is 2.03. The van der Waals surface area contributed by atoms with Gasteiger partial charge in [0.2, 0.25) is 0 Å². The Morgan fingerprint density at radius 2 is 2.60 bits per heavy atom. The topological polar surface area (TPSA) is 58.6 Å². The van der Waals surface area contributed by atoms with Crippen molar-refractivity contribution in [2.45, 2.75) is 6.42 Å². The molecular weight excluding hydrogens is 134 g/mol. The molecule has 54 valence electrons. The largest absolute Gasteiger partial charge is 0.511 e. The summed E-state index contributed by atoms with van der Waals surface area (Å²) < 4.78 is 4.36. The van der Waals surface area contributed by atoms with E-state index < -0.39 is 6.16 Å². The van der Waals surface area contributed by atoms with Crippen molar-refractivity contribution in [2.24, 2.45) is 0 Å². The molecule has 1 aliphatic heterocycles. The first kappa shape index (κ1) is 6.67. The third-order valence-electron chi connectivity index (χ3n) is 0.996. The smallest absolute Gasteiger partial charge is 0.449 e. The molecule has 10 heavy (non-hydrogen) atoms. The van der Waals surface area contributed by atoms with E-state index >= 15 is 0 Å². The molecule has 1 heterocycles. The number of nitrogens with one attached hydrogen (secondary N) is 1. The highest BCUT2D eigenvalue weighted by molar-refractivity contribution is 5.58. The predicted octanol–water partition coefficient (Wildman–Crippen LogP) is 1.03. The molecule has 4 nitrogen and oxygen atoms in total. The monoisotopic (exact) mass is 141 g/mol. The molecule has 0 saturated carbocycles. The molecule has 0 saturated heterocycles. The van der Waals surface area contributed by atoms with Crippen LogP contribution >= 0.6 is 0 Å². The number of allylic oxidation sites excluding steroid dienone is 1. The zero-order valence-corrected chi connectivity index (χ0v) is 5.20. The molecule has 1 aliphatic rings. The minimum Gasteiger partial charge on any atom is -0.449 e. The first-order chi connectivity index (χ1) is 4.79. The molecule has 0 aromatic heterocycles. The fourth-order valence-corrected chi connectivity index (χ4v) is 0.626. The molecule has 4 heteroatoms. The maximum Gasteiger partial charge on any atom is 0.511 e. The number of dihydropyridines is 1. The van der Waals surface area contributed by atoms with Gasteiger partial charge in [-0.3, -0.25) is 0 Å². The van der Waals surface area contributed by atoms with Crippen LogP contribution in [0.5, 0.6) is 0 Å². The standard InChI is InChI=1S/C6H7NO3/c8-6(9)10-5-2-1-3-7-4-5/h1,3-4,7H,2H2,(H,8,9). The molecule has 0 radical (unpaired) electrons. The van der Waals surface area contributed by atoms with Gasteiger partial charge in [-0.1, -0.05) is 6.08 Å². The molecule has 0 aromatic carbocycles. The minimum atomic E-state index is -1.27. The molecule has 0 fully saturated rings. The molecule has 1 rings (SSSR count). The van der Waals surface area contributed by atoms with Crippen LogP contribution in [0.3, 0.4) is 0 Å². The van der Waals surface area contributed by atoms with Gasteiger partial charge < -0.3 is 15.2 Å². The Kier molecular flexibility index (Phi) is 1.94. The summed E-state index contributed by atoms with van der Waals surface area (Å²) in [5.74, 6) is 0.412. The number of carbonyl (C=O) groups is 1. The molecule has 0 spiro atoms. The van der Waals surface area contributed by atoms with E-state index in [1.165, 1.54) is 6.20 Å². The van der Waals surface area contributed by atoms with Crippen LogP contribution in [-0.4, -0.2) is 11.3 Å². The zero-order valence-electron chi connectivity index (χ0n) is 5.20. The van der Waals surface area contributed by atoms with Gasteiger partial charge in [0.05, 0.1) is 0 Å². The number of hydrogen-bond donors (Lipinski definition) is 2. The molecule has 0 atom stereocenters. The third kappa shape index (κ3) is 1.81. The van der Waals surface area contributed by atoms with Crippen molar-refractivity contribution >= 4 is 6.16 Å². The number of rotatable bonds is 1. The van der Waals surface area contributed by atoms with Gasteiger partial charge in [0.15, 0.2) is 0 Å². The van der Waals surface area contributed by atoms with E-state index in [1.54, 1.807) is 12.3 Å². The predicted molar refractivity (Wildman–Crippen MR) is 34.1 cm³/mol. The van der Waals surface area contributed by atoms with Crippen molar-refractivity contribution in [1.29, 1.82) is 0 Å². The van der Waals surface area contributed by atoms with Gasteiger partial charge in [-0.25, -0.2) is 4.79 Å². The third-order valence-corrected chi connectivity index (χ3v) is 0.996. The number of carboxylic acid groups (broad SMARTS) is 1. The van der Waals surface area contributed by atoms with Gasteiger partial charge in [-0.15, -0.1) is 0 Å². The Morgan fingerprint density at radius 3 is 3.10 bits per heavy atom. The van der Waals surface area contributed by atoms with Gasteiger partial charge in [-0.05, 0) is 6.20 Å². The second-order valence-corrected chi connectivity index (χ2v) is 1.75. The average Bonchev–Trinajstić information content (AvgIpc) is 1.88. The van der Waals surface area contributed by atoms with Crippen molar-refractivity contribution in [3.8, 4) is 0 Å². The summed E-state index contributed by atoms with van der Waals surface area (Å²) in [5.41, 5.74) is 0. The lowest BCUT2D eigenvalue weighted by Gasteiger charge is -2.05. The lowest BCUT2D eigenvalue weighted by molar-refractivity contribution is 0.117. The van der Waals surface area contributed by atoms with E-state index in [9.17, 15) is 4.79 Å². The first-order valence-electron chi connectivity index (χ1n) is 2.80. The van der Waals surface area contributed by atoms with Crippen LogP contribution in [0.1, 0.15) is 6.42 Å². The summed E-state index contributed by atoms with van der Waals surface area (Å²) in [5, 5.41) is 10.9. The van der Waals surface area contributed by atoms with E-state index in [2.05, 4.69) is 10.1 Å². The van der Waals surface area contributed by atoms with Crippen LogP contribution in [-0.2, 0) is 4.74 Å². The first-order valence-corrected chi connectivity index (χ1v) is 2.80. The van der Waals surface area contributed by atoms with Gasteiger partial charge >= 0.3 is 6.16 Å². The molecule has 0 aliphatic carbocycles. The summed E-state index contributed by atoms with van der Waals surface area (Å²) in [7, 11) is 0. The molecular formula is C6H7NO3. The van der Waals surface area contributed by atoms with Crippen LogP contribution in [0.4, 0.5) is 4.79 Å². The van der Waals surface area contributed by atoms with Gasteiger partial charge in [-0.2, -0.15) is 0 Å². The van der Waals surface area contributed by atoms with Crippen LogP contribution in [0, 0.1) is 0 Å². The normalized spacial score (nSPS) is 15.4. The Balaban J connectivity index is 2.41. The van der Waals surface area contributed by atoms with E-state index in [0.29, 0.717) is 12.2 Å². The summed E-state index contributed by atoms with van der Waals surface area (Å²) >= 11 is 0. The van der Waals surface area contributed by atoms with Crippen molar-refractivity contribution < 1.29 is 14.6 Å². The van der Waals surface area contributed by atoms with Gasteiger partial charge in [0, 0.05) is 12.6 Å². The van der Waals surface area contributed by atoms with E-state index in [-0.39, 0.29) is 0 Å². The van der Waals surface area contributed by atoms with E-state index in [4.69, 9.17) is 5.11 Å². The quantitative estimate of drug-likeness (QED) is 0.535. The van der Waals surface area contributed by atoms with Crippen molar-refractivity contribution in [3.63, 3.8) is 0 Å². The summed E-state index contributed by atoms with van der Waals surface area (Å²) in [6.45, 7) is 0. The van der Waals surface area contributed by atoms with Crippen molar-refractivity contribution in [2.75, 3.05) is 0 Å². The Morgan fingerprint density at radius 1 is 1.80 bits per heavy atom. The molecule has 2 N–H and O–H groups in total. The number of ether oxygens (including phenoxy) is 1. The number of hydrogen-bond acceptors (Lipinski definition) is 3. The lowest BCUT2D eigenvalue weighted by Crippen LogP contribution is -2.06. The fourth-order valence-electron chi connectivity index (χ4n) is 0.626. The Hall–Kier alpha value is -1.45. The van der Waals surface area contributed by atoms with Crippen LogP contribution in [0.15, 0.2) is 24.2 Å². The minimum absolute atomic E-state index is 0.412. The maximum absolute atomic E-state index is 9.95. The summed E-state index contributed by atoms with van der Waals surface area (Å²) in [6, 6.07) is 0. The van der Waals surface area contributed by atoms with E-state index in [1.807, 2.05) is 0 Å². The van der Waals surface area contributed by atoms with Crippen molar-refractivity contribution in [3.05, 3.63) is 24.2 Å². The van der Waals surface area contributed by atoms with Crippen LogP contribution in [0.25, 0.3) is 0 Å². The van der Waals surface area contributed by atoms with Crippen LogP contribution < -0.4 is 5.32 Å². The molecule has 0 amide bonds. The van der Waals surface area contributed by atoms with Crippen molar-refractivity contribution in [1.82, 2.24) is 5.32 Å². The fraction of sp³-hybridized carbons (Fsp3) is 0.167. The maximum atomic E-state index is 9.95. The Labute approximate surface area is 57.8 Å². The van der Waals surface area contributed by atoms with Crippen LogP contribution in [0.2, 0.25) is 0 Å². The van der Waals surface area contributed by atoms with Gasteiger partial charge in [0.1, 0.15) is 5.76 Å². The molecule has 0 bridgehead atoms. The van der Waals surface area contributed by atoms with Gasteiger partial charge in [0.25, 0.3) is 0 Å². The molecule has 0 aromatic rings. The molecule has 0 unspecified atom stereocenters. The Bertz CT molecular complexity index is 195. The van der Waals surface area contributed by atoms with E-state index in [0.717, 1.165) is 0 Å². The zero-order chi connectivity index (χ0) is 7.40. The highest BCUT2D eigenvalue weighted by Crippen LogP contribution is 2.06. The second kappa shape index (κ2) is 2.91. The highest BCUT2D eigenvalue weighted by atomic mass is 16.7. The lowest BCUT2D eigenvalue weighted by atomic mass is 10.3. The summed E-state index contributed by atoms with van der Waals surface area (Å²) in [4.78, 5) is 9.95. The average molecular weight is 141 g/mol. The summed E-state index contributed by atoms with van der Waals surface area (Å²) in [6.07, 6.45) is 4.25. The SMILES string of the molecule is O=C(O)OC1=CNC=CC1. The second-order valence-electron chi connectivity index (χ2n) is 1.75.